The van der Waals surface area contributed by atoms with Crippen LogP contribution >= 0.6 is 0 Å². The normalized spacial score (nSPS) is 15.0. The molecule has 1 amide bonds. The number of carbonyl (C=O) groups is 1. The number of methoxy groups -OCH3 is 1. The average Bonchev–Trinajstić information content (AvgIpc) is 3.08. The van der Waals surface area contributed by atoms with Crippen LogP contribution in [0.2, 0.25) is 0 Å². The van der Waals surface area contributed by atoms with Gasteiger partial charge in [0.15, 0.2) is 0 Å². The highest BCUT2D eigenvalue weighted by atomic mass is 16.5. The lowest BCUT2D eigenvalue weighted by atomic mass is 10.2. The fourth-order valence-corrected chi connectivity index (χ4v) is 3.55. The van der Waals surface area contributed by atoms with E-state index in [0.717, 1.165) is 43.1 Å². The van der Waals surface area contributed by atoms with E-state index < -0.39 is 0 Å². The maximum atomic E-state index is 12.4. The van der Waals surface area contributed by atoms with Crippen molar-refractivity contribution in [2.24, 2.45) is 0 Å². The molecule has 2 heterocycles. The Morgan fingerprint density at radius 1 is 1.07 bits per heavy atom. The minimum atomic E-state index is -0.258. The first-order valence-corrected chi connectivity index (χ1v) is 9.24. The summed E-state index contributed by atoms with van der Waals surface area (Å²) in [6.45, 7) is 3.61. The third-order valence-electron chi connectivity index (χ3n) is 4.97. The van der Waals surface area contributed by atoms with Crippen molar-refractivity contribution >= 4 is 28.3 Å². The number of anilines is 2. The molecule has 0 saturated carbocycles. The number of aromatic nitrogens is 2. The number of ether oxygens (including phenoxy) is 1. The molecule has 1 aliphatic heterocycles. The molecule has 0 unspecified atom stereocenters. The van der Waals surface area contributed by atoms with E-state index in [4.69, 9.17) is 4.74 Å². The number of aromatic amines is 2. The predicted molar refractivity (Wildman–Crippen MR) is 109 cm³/mol. The Labute approximate surface area is 162 Å². The SMILES string of the molecule is COc1ccccc1N1CCN(CC(=O)Nc2ccc3[nH]c(=O)[nH]c3c2)CC1. The molecule has 1 fully saturated rings. The van der Waals surface area contributed by atoms with Crippen molar-refractivity contribution in [3.8, 4) is 5.75 Å². The molecule has 0 radical (unpaired) electrons. The summed E-state index contributed by atoms with van der Waals surface area (Å²) in [7, 11) is 1.68. The number of nitrogens with one attached hydrogen (secondary N) is 3. The highest BCUT2D eigenvalue weighted by molar-refractivity contribution is 5.94. The number of carbonyl (C=O) groups excluding carboxylic acids is 1. The molecule has 1 aromatic heterocycles. The summed E-state index contributed by atoms with van der Waals surface area (Å²) in [5.74, 6) is 0.801. The van der Waals surface area contributed by atoms with Crippen molar-refractivity contribution in [2.75, 3.05) is 50.1 Å². The maximum Gasteiger partial charge on any atom is 0.323 e. The van der Waals surface area contributed by atoms with Crippen LogP contribution in [0.25, 0.3) is 11.0 Å². The van der Waals surface area contributed by atoms with E-state index >= 15 is 0 Å². The van der Waals surface area contributed by atoms with Crippen LogP contribution in [0, 0.1) is 0 Å². The number of para-hydroxylation sites is 2. The van der Waals surface area contributed by atoms with Crippen molar-refractivity contribution in [3.05, 3.63) is 52.9 Å². The van der Waals surface area contributed by atoms with Gasteiger partial charge in [-0.3, -0.25) is 9.69 Å². The van der Waals surface area contributed by atoms with Crippen LogP contribution in [-0.4, -0.2) is 60.6 Å². The van der Waals surface area contributed by atoms with Crippen LogP contribution in [0.5, 0.6) is 5.75 Å². The molecule has 0 spiro atoms. The van der Waals surface area contributed by atoms with Gasteiger partial charge in [0.1, 0.15) is 5.75 Å². The quantitative estimate of drug-likeness (QED) is 0.625. The molecule has 1 saturated heterocycles. The number of hydrogen-bond donors (Lipinski definition) is 3. The van der Waals surface area contributed by atoms with Crippen molar-refractivity contribution in [1.82, 2.24) is 14.9 Å². The second kappa shape index (κ2) is 7.77. The number of fused-ring (bicyclic) bond motifs is 1. The summed E-state index contributed by atoms with van der Waals surface area (Å²) >= 11 is 0. The van der Waals surface area contributed by atoms with E-state index in [-0.39, 0.29) is 11.6 Å². The minimum absolute atomic E-state index is 0.0667. The molecule has 2 aromatic carbocycles. The molecule has 0 aliphatic carbocycles. The molecule has 8 heteroatoms. The Hall–Kier alpha value is -3.26. The van der Waals surface area contributed by atoms with Crippen molar-refractivity contribution in [1.29, 1.82) is 0 Å². The third-order valence-corrected chi connectivity index (χ3v) is 4.97. The number of benzene rings is 2. The lowest BCUT2D eigenvalue weighted by Crippen LogP contribution is -2.48. The fraction of sp³-hybridized carbons (Fsp3) is 0.300. The first-order valence-electron chi connectivity index (χ1n) is 9.24. The largest absolute Gasteiger partial charge is 0.495 e. The monoisotopic (exact) mass is 381 g/mol. The third kappa shape index (κ3) is 3.86. The molecule has 8 nitrogen and oxygen atoms in total. The molecule has 3 aromatic rings. The molecule has 4 rings (SSSR count). The van der Waals surface area contributed by atoms with Crippen LogP contribution in [-0.2, 0) is 4.79 Å². The van der Waals surface area contributed by atoms with Gasteiger partial charge in [0.05, 0.1) is 30.4 Å². The Morgan fingerprint density at radius 2 is 1.82 bits per heavy atom. The average molecular weight is 381 g/mol. The summed E-state index contributed by atoms with van der Waals surface area (Å²) in [5, 5.41) is 2.90. The van der Waals surface area contributed by atoms with Crippen molar-refractivity contribution in [3.63, 3.8) is 0 Å². The second-order valence-corrected chi connectivity index (χ2v) is 6.82. The van der Waals surface area contributed by atoms with Gasteiger partial charge in [-0.1, -0.05) is 12.1 Å². The summed E-state index contributed by atoms with van der Waals surface area (Å²) in [4.78, 5) is 33.5. The standard InChI is InChI=1S/C20H23N5O3/c1-28-18-5-3-2-4-17(18)25-10-8-24(9-11-25)13-19(26)21-14-6-7-15-16(12-14)23-20(27)22-15/h2-7,12H,8-11,13H2,1H3,(H,21,26)(H2,22,23,27). The van der Waals surface area contributed by atoms with Gasteiger partial charge in [-0.2, -0.15) is 0 Å². The lowest BCUT2D eigenvalue weighted by Gasteiger charge is -2.36. The Bertz CT molecular complexity index is 1030. The van der Waals surface area contributed by atoms with Gasteiger partial charge in [0, 0.05) is 31.9 Å². The first kappa shape index (κ1) is 18.1. The van der Waals surface area contributed by atoms with Crippen LogP contribution in [0.3, 0.4) is 0 Å². The summed E-state index contributed by atoms with van der Waals surface area (Å²) < 4.78 is 5.44. The Balaban J connectivity index is 1.32. The zero-order valence-electron chi connectivity index (χ0n) is 15.7. The zero-order chi connectivity index (χ0) is 19.5. The van der Waals surface area contributed by atoms with Crippen LogP contribution in [0.15, 0.2) is 47.3 Å². The van der Waals surface area contributed by atoms with Gasteiger partial charge >= 0.3 is 5.69 Å². The Kier molecular flexibility index (Phi) is 5.03. The maximum absolute atomic E-state index is 12.4. The number of rotatable bonds is 5. The van der Waals surface area contributed by atoms with Gasteiger partial charge < -0.3 is 24.9 Å². The fourth-order valence-electron chi connectivity index (χ4n) is 3.55. The molecular formula is C20H23N5O3. The second-order valence-electron chi connectivity index (χ2n) is 6.82. The first-order chi connectivity index (χ1) is 13.6. The number of imidazole rings is 1. The highest BCUT2D eigenvalue weighted by Crippen LogP contribution is 2.28. The van der Waals surface area contributed by atoms with Crippen LogP contribution in [0.1, 0.15) is 0 Å². The van der Waals surface area contributed by atoms with E-state index in [1.54, 1.807) is 25.3 Å². The number of amides is 1. The number of nitrogens with zero attached hydrogens (tertiary/aromatic N) is 2. The predicted octanol–water partition coefficient (Wildman–Crippen LogP) is 1.63. The smallest absolute Gasteiger partial charge is 0.323 e. The molecule has 1 aliphatic rings. The minimum Gasteiger partial charge on any atom is -0.495 e. The van der Waals surface area contributed by atoms with E-state index in [9.17, 15) is 9.59 Å². The zero-order valence-corrected chi connectivity index (χ0v) is 15.7. The van der Waals surface area contributed by atoms with Crippen molar-refractivity contribution < 1.29 is 9.53 Å². The molecule has 3 N–H and O–H groups in total. The van der Waals surface area contributed by atoms with Crippen LogP contribution in [0.4, 0.5) is 11.4 Å². The topological polar surface area (TPSA) is 93.5 Å². The molecule has 0 atom stereocenters. The van der Waals surface area contributed by atoms with Gasteiger partial charge in [-0.05, 0) is 30.3 Å². The van der Waals surface area contributed by atoms with Gasteiger partial charge in [0.2, 0.25) is 5.91 Å². The van der Waals surface area contributed by atoms with E-state index in [0.29, 0.717) is 17.7 Å². The van der Waals surface area contributed by atoms with E-state index in [2.05, 4.69) is 31.2 Å². The van der Waals surface area contributed by atoms with E-state index in [1.807, 2.05) is 18.2 Å². The van der Waals surface area contributed by atoms with Crippen LogP contribution < -0.4 is 20.6 Å². The number of H-pyrrole nitrogens is 2. The van der Waals surface area contributed by atoms with Crippen molar-refractivity contribution in [2.45, 2.75) is 0 Å². The molecule has 0 bridgehead atoms. The summed E-state index contributed by atoms with van der Waals surface area (Å²) in [6.07, 6.45) is 0. The molecule has 146 valence electrons. The summed E-state index contributed by atoms with van der Waals surface area (Å²) in [6, 6.07) is 13.3. The van der Waals surface area contributed by atoms with Gasteiger partial charge in [0.25, 0.3) is 0 Å². The molecule has 28 heavy (non-hydrogen) atoms. The number of piperazine rings is 1. The number of hydrogen-bond acceptors (Lipinski definition) is 5. The molecular weight excluding hydrogens is 358 g/mol. The van der Waals surface area contributed by atoms with Gasteiger partial charge in [-0.25, -0.2) is 4.79 Å². The summed E-state index contributed by atoms with van der Waals surface area (Å²) in [5.41, 5.74) is 2.89. The highest BCUT2D eigenvalue weighted by Gasteiger charge is 2.21. The Morgan fingerprint density at radius 3 is 2.61 bits per heavy atom. The van der Waals surface area contributed by atoms with E-state index in [1.165, 1.54) is 0 Å². The lowest BCUT2D eigenvalue weighted by molar-refractivity contribution is -0.117. The van der Waals surface area contributed by atoms with Gasteiger partial charge in [-0.15, -0.1) is 0 Å².